The molecule has 2 N–H and O–H groups in total. The van der Waals surface area contributed by atoms with Gasteiger partial charge in [0.1, 0.15) is 5.75 Å². The highest BCUT2D eigenvalue weighted by Gasteiger charge is 2.14. The van der Waals surface area contributed by atoms with E-state index in [9.17, 15) is 9.59 Å². The van der Waals surface area contributed by atoms with Gasteiger partial charge in [0, 0.05) is 23.7 Å². The van der Waals surface area contributed by atoms with Crippen LogP contribution >= 0.6 is 11.6 Å². The molecule has 144 valence electrons. The largest absolute Gasteiger partial charge is 0.481 e. The van der Waals surface area contributed by atoms with Crippen LogP contribution in [-0.4, -0.2) is 31.0 Å². The van der Waals surface area contributed by atoms with Crippen molar-refractivity contribution in [2.24, 2.45) is 0 Å². The second-order valence-corrected chi connectivity index (χ2v) is 6.98. The van der Waals surface area contributed by atoms with Crippen molar-refractivity contribution in [3.05, 3.63) is 64.7 Å². The quantitative estimate of drug-likeness (QED) is 0.676. The van der Waals surface area contributed by atoms with E-state index < -0.39 is 6.10 Å². The lowest BCUT2D eigenvalue weighted by molar-refractivity contribution is -0.127. The van der Waals surface area contributed by atoms with Crippen molar-refractivity contribution in [3.8, 4) is 5.75 Å². The molecule has 0 spiro atoms. The number of benzene rings is 2. The van der Waals surface area contributed by atoms with Crippen LogP contribution in [0.1, 0.15) is 42.6 Å². The molecule has 0 saturated heterocycles. The molecule has 0 bridgehead atoms. The summed E-state index contributed by atoms with van der Waals surface area (Å²) in [6.07, 6.45) is -0.626. The Morgan fingerprint density at radius 2 is 1.67 bits per heavy atom. The van der Waals surface area contributed by atoms with Gasteiger partial charge in [-0.1, -0.05) is 43.6 Å². The Balaban J connectivity index is 1.72. The van der Waals surface area contributed by atoms with Crippen LogP contribution < -0.4 is 15.4 Å². The van der Waals surface area contributed by atoms with E-state index in [0.717, 1.165) is 0 Å². The van der Waals surface area contributed by atoms with E-state index in [1.165, 1.54) is 5.56 Å². The maximum atomic E-state index is 12.1. The predicted octanol–water partition coefficient (Wildman–Crippen LogP) is 3.78. The first-order valence-electron chi connectivity index (χ1n) is 8.95. The molecule has 1 atom stereocenters. The van der Waals surface area contributed by atoms with Gasteiger partial charge >= 0.3 is 0 Å². The first-order chi connectivity index (χ1) is 12.9. The Kier molecular flexibility index (Phi) is 7.67. The molecule has 2 rings (SSSR count). The fourth-order valence-electron chi connectivity index (χ4n) is 2.43. The van der Waals surface area contributed by atoms with E-state index in [2.05, 4.69) is 24.5 Å². The van der Waals surface area contributed by atoms with Gasteiger partial charge in [0.2, 0.25) is 0 Å². The zero-order chi connectivity index (χ0) is 19.8. The van der Waals surface area contributed by atoms with Crippen LogP contribution in [0.2, 0.25) is 5.02 Å². The van der Waals surface area contributed by atoms with E-state index >= 15 is 0 Å². The first kappa shape index (κ1) is 20.8. The Morgan fingerprint density at radius 1 is 1.00 bits per heavy atom. The van der Waals surface area contributed by atoms with Gasteiger partial charge in [-0.05, 0) is 48.7 Å². The average molecular weight is 389 g/mol. The number of carbonyl (C=O) groups is 2. The van der Waals surface area contributed by atoms with Crippen LogP contribution in [0.5, 0.6) is 5.75 Å². The van der Waals surface area contributed by atoms with Crippen LogP contribution in [0.15, 0.2) is 48.5 Å². The number of rotatable bonds is 8. The lowest BCUT2D eigenvalue weighted by Gasteiger charge is -2.15. The van der Waals surface area contributed by atoms with Gasteiger partial charge < -0.3 is 15.4 Å². The normalized spacial score (nSPS) is 11.7. The summed E-state index contributed by atoms with van der Waals surface area (Å²) in [5.41, 5.74) is 1.70. The van der Waals surface area contributed by atoms with Crippen molar-refractivity contribution in [1.82, 2.24) is 10.6 Å². The molecule has 27 heavy (non-hydrogen) atoms. The minimum atomic E-state index is -0.626. The fraction of sp³-hybridized carbons (Fsp3) is 0.333. The SMILES string of the molecule is CC(Oc1ccc(C(C)C)cc1)C(=O)NCCNC(=O)c1cccc(Cl)c1. The van der Waals surface area contributed by atoms with Crippen LogP contribution in [0.3, 0.4) is 0 Å². The summed E-state index contributed by atoms with van der Waals surface area (Å²) in [7, 11) is 0. The Morgan fingerprint density at radius 3 is 2.30 bits per heavy atom. The molecule has 5 nitrogen and oxygen atoms in total. The van der Waals surface area contributed by atoms with Crippen molar-refractivity contribution in [2.45, 2.75) is 32.8 Å². The standard InChI is InChI=1S/C21H25ClN2O3/c1-14(2)16-7-9-19(10-8-16)27-15(3)20(25)23-11-12-24-21(26)17-5-4-6-18(22)13-17/h4-10,13-15H,11-12H2,1-3H3,(H,23,25)(H,24,26). The molecule has 2 amide bonds. The van der Waals surface area contributed by atoms with Crippen molar-refractivity contribution in [1.29, 1.82) is 0 Å². The third kappa shape index (κ3) is 6.61. The zero-order valence-corrected chi connectivity index (χ0v) is 16.5. The van der Waals surface area contributed by atoms with E-state index in [4.69, 9.17) is 16.3 Å². The molecule has 0 aromatic heterocycles. The molecule has 0 aliphatic carbocycles. The van der Waals surface area contributed by atoms with Gasteiger partial charge in [-0.25, -0.2) is 0 Å². The molecule has 1 unspecified atom stereocenters. The minimum absolute atomic E-state index is 0.235. The summed E-state index contributed by atoms with van der Waals surface area (Å²) in [5.74, 6) is 0.624. The summed E-state index contributed by atoms with van der Waals surface area (Å²) in [5, 5.41) is 5.98. The summed E-state index contributed by atoms with van der Waals surface area (Å²) in [6.45, 7) is 6.56. The van der Waals surface area contributed by atoms with E-state index in [1.54, 1.807) is 31.2 Å². The smallest absolute Gasteiger partial charge is 0.260 e. The lowest BCUT2D eigenvalue weighted by atomic mass is 10.0. The van der Waals surface area contributed by atoms with Crippen molar-refractivity contribution in [2.75, 3.05) is 13.1 Å². The second-order valence-electron chi connectivity index (χ2n) is 6.54. The van der Waals surface area contributed by atoms with Crippen LogP contribution in [0.25, 0.3) is 0 Å². The third-order valence-corrected chi connectivity index (χ3v) is 4.26. The summed E-state index contributed by atoms with van der Waals surface area (Å²) < 4.78 is 5.66. The fourth-order valence-corrected chi connectivity index (χ4v) is 2.62. The zero-order valence-electron chi connectivity index (χ0n) is 15.8. The van der Waals surface area contributed by atoms with Crippen LogP contribution in [0, 0.1) is 0 Å². The Labute approximate surface area is 165 Å². The van der Waals surface area contributed by atoms with E-state index in [1.807, 2.05) is 24.3 Å². The molecular formula is C21H25ClN2O3. The molecule has 0 aliphatic heterocycles. The predicted molar refractivity (Wildman–Crippen MR) is 107 cm³/mol. The number of hydrogen-bond donors (Lipinski definition) is 2. The Bertz CT molecular complexity index is 775. The Hall–Kier alpha value is -2.53. The number of nitrogens with one attached hydrogen (secondary N) is 2. The van der Waals surface area contributed by atoms with Gasteiger partial charge in [-0.3, -0.25) is 9.59 Å². The van der Waals surface area contributed by atoms with E-state index in [0.29, 0.717) is 35.3 Å². The summed E-state index contributed by atoms with van der Waals surface area (Å²) in [6, 6.07) is 14.4. The monoisotopic (exact) mass is 388 g/mol. The van der Waals surface area contributed by atoms with Crippen LogP contribution in [0.4, 0.5) is 0 Å². The lowest BCUT2D eigenvalue weighted by Crippen LogP contribution is -2.40. The summed E-state index contributed by atoms with van der Waals surface area (Å²) in [4.78, 5) is 24.1. The third-order valence-electron chi connectivity index (χ3n) is 4.03. The number of halogens is 1. The first-order valence-corrected chi connectivity index (χ1v) is 9.32. The number of ether oxygens (including phenoxy) is 1. The highest BCUT2D eigenvalue weighted by atomic mass is 35.5. The maximum Gasteiger partial charge on any atom is 0.260 e. The summed E-state index contributed by atoms with van der Waals surface area (Å²) >= 11 is 5.87. The molecule has 0 aliphatic rings. The minimum Gasteiger partial charge on any atom is -0.481 e. The molecular weight excluding hydrogens is 364 g/mol. The van der Waals surface area contributed by atoms with Gasteiger partial charge in [-0.2, -0.15) is 0 Å². The molecule has 0 heterocycles. The number of carbonyl (C=O) groups excluding carboxylic acids is 2. The number of amides is 2. The van der Waals surface area contributed by atoms with E-state index in [-0.39, 0.29) is 11.8 Å². The maximum absolute atomic E-state index is 12.1. The highest BCUT2D eigenvalue weighted by Crippen LogP contribution is 2.19. The molecule has 0 fully saturated rings. The molecule has 0 saturated carbocycles. The second kappa shape index (κ2) is 9.97. The number of hydrogen-bond acceptors (Lipinski definition) is 3. The van der Waals surface area contributed by atoms with Crippen molar-refractivity contribution >= 4 is 23.4 Å². The van der Waals surface area contributed by atoms with Crippen molar-refractivity contribution in [3.63, 3.8) is 0 Å². The molecule has 0 radical (unpaired) electrons. The average Bonchev–Trinajstić information content (AvgIpc) is 2.65. The topological polar surface area (TPSA) is 67.4 Å². The molecule has 2 aromatic rings. The van der Waals surface area contributed by atoms with Crippen molar-refractivity contribution < 1.29 is 14.3 Å². The van der Waals surface area contributed by atoms with Gasteiger partial charge in [0.05, 0.1) is 0 Å². The van der Waals surface area contributed by atoms with Gasteiger partial charge in [-0.15, -0.1) is 0 Å². The molecule has 2 aromatic carbocycles. The van der Waals surface area contributed by atoms with Gasteiger partial charge in [0.25, 0.3) is 11.8 Å². The molecule has 6 heteroatoms. The van der Waals surface area contributed by atoms with Crippen LogP contribution in [-0.2, 0) is 4.79 Å². The highest BCUT2D eigenvalue weighted by molar-refractivity contribution is 6.30. The van der Waals surface area contributed by atoms with Gasteiger partial charge in [0.15, 0.2) is 6.10 Å².